The summed E-state index contributed by atoms with van der Waals surface area (Å²) in [5.41, 5.74) is 0. The molecule has 1 aliphatic rings. The van der Waals surface area contributed by atoms with Gasteiger partial charge in [0.2, 0.25) is 0 Å². The van der Waals surface area contributed by atoms with E-state index in [2.05, 4.69) is 24.1 Å². The van der Waals surface area contributed by atoms with Crippen molar-refractivity contribution in [3.05, 3.63) is 0 Å². The van der Waals surface area contributed by atoms with E-state index in [1.807, 2.05) is 0 Å². The predicted octanol–water partition coefficient (Wildman–Crippen LogP) is 1.51. The summed E-state index contributed by atoms with van der Waals surface area (Å²) in [5, 5.41) is 4.20. The van der Waals surface area contributed by atoms with Crippen LogP contribution in [0.3, 0.4) is 0 Å². The number of rotatable bonds is 5. The van der Waals surface area contributed by atoms with Gasteiger partial charge in [0.15, 0.2) is 0 Å². The lowest BCUT2D eigenvalue weighted by Gasteiger charge is -2.17. The third-order valence-electron chi connectivity index (χ3n) is 2.44. The number of methoxy groups -OCH3 is 1. The smallest absolute Gasteiger partial charge is 0.0553 e. The van der Waals surface area contributed by atoms with E-state index in [4.69, 9.17) is 4.74 Å². The van der Waals surface area contributed by atoms with Crippen LogP contribution in [0.15, 0.2) is 0 Å². The summed E-state index contributed by atoms with van der Waals surface area (Å²) in [4.78, 5) is 0. The van der Waals surface area contributed by atoms with Crippen LogP contribution in [0, 0.1) is 0 Å². The Bertz CT molecular complexity index is 121. The SMILES string of the molecule is CNC1CCCC1SCCOC. The zero-order valence-corrected chi connectivity index (χ0v) is 8.82. The number of hydrogen-bond donors (Lipinski definition) is 1. The highest BCUT2D eigenvalue weighted by molar-refractivity contribution is 8.00. The van der Waals surface area contributed by atoms with Gasteiger partial charge >= 0.3 is 0 Å². The minimum atomic E-state index is 0.742. The fourth-order valence-corrected chi connectivity index (χ4v) is 3.14. The van der Waals surface area contributed by atoms with Gasteiger partial charge < -0.3 is 10.1 Å². The Morgan fingerprint density at radius 2 is 2.33 bits per heavy atom. The molecule has 0 aromatic carbocycles. The summed E-state index contributed by atoms with van der Waals surface area (Å²) in [6.07, 6.45) is 4.11. The van der Waals surface area contributed by atoms with E-state index in [0.717, 1.165) is 23.7 Å². The van der Waals surface area contributed by atoms with Crippen molar-refractivity contribution >= 4 is 11.8 Å². The zero-order valence-electron chi connectivity index (χ0n) is 8.01. The molecule has 0 aromatic rings. The van der Waals surface area contributed by atoms with E-state index < -0.39 is 0 Å². The minimum absolute atomic E-state index is 0.742. The Morgan fingerprint density at radius 1 is 1.50 bits per heavy atom. The first-order valence-electron chi connectivity index (χ1n) is 4.66. The summed E-state index contributed by atoms with van der Waals surface area (Å²) < 4.78 is 5.03. The normalized spacial score (nSPS) is 29.5. The highest BCUT2D eigenvalue weighted by atomic mass is 32.2. The maximum Gasteiger partial charge on any atom is 0.0553 e. The van der Waals surface area contributed by atoms with Crippen molar-refractivity contribution in [3.8, 4) is 0 Å². The molecule has 72 valence electrons. The first kappa shape index (κ1) is 10.4. The molecule has 0 amide bonds. The van der Waals surface area contributed by atoms with E-state index in [1.165, 1.54) is 19.3 Å². The second-order valence-electron chi connectivity index (χ2n) is 3.23. The van der Waals surface area contributed by atoms with Crippen LogP contribution < -0.4 is 5.32 Å². The molecule has 0 spiro atoms. The standard InChI is InChI=1S/C9H19NOS/c1-10-8-4-3-5-9(8)12-7-6-11-2/h8-10H,3-7H2,1-2H3. The molecule has 0 radical (unpaired) electrons. The molecular weight excluding hydrogens is 170 g/mol. The molecule has 3 heteroatoms. The Morgan fingerprint density at radius 3 is 3.00 bits per heavy atom. The fourth-order valence-electron chi connectivity index (χ4n) is 1.74. The van der Waals surface area contributed by atoms with Gasteiger partial charge in [0.1, 0.15) is 0 Å². The summed E-state index contributed by atoms with van der Waals surface area (Å²) in [6.45, 7) is 0.887. The molecule has 2 atom stereocenters. The number of thioether (sulfide) groups is 1. The molecule has 1 N–H and O–H groups in total. The molecule has 0 bridgehead atoms. The number of nitrogens with one attached hydrogen (secondary N) is 1. The molecule has 2 nitrogen and oxygen atoms in total. The van der Waals surface area contributed by atoms with Gasteiger partial charge in [-0.05, 0) is 19.9 Å². The molecular formula is C9H19NOS. The van der Waals surface area contributed by atoms with Crippen LogP contribution >= 0.6 is 11.8 Å². The third-order valence-corrected chi connectivity index (χ3v) is 3.84. The second kappa shape index (κ2) is 5.84. The van der Waals surface area contributed by atoms with Crippen molar-refractivity contribution in [2.24, 2.45) is 0 Å². The Labute approximate surface area is 79.4 Å². The lowest BCUT2D eigenvalue weighted by Crippen LogP contribution is -2.31. The molecule has 1 aliphatic carbocycles. The van der Waals surface area contributed by atoms with Gasteiger partial charge in [-0.1, -0.05) is 6.42 Å². The maximum absolute atomic E-state index is 5.03. The van der Waals surface area contributed by atoms with Crippen LogP contribution in [0.25, 0.3) is 0 Å². The molecule has 0 aromatic heterocycles. The first-order chi connectivity index (χ1) is 5.88. The quantitative estimate of drug-likeness (QED) is 0.662. The topological polar surface area (TPSA) is 21.3 Å². The van der Waals surface area contributed by atoms with Crippen molar-refractivity contribution in [1.82, 2.24) is 5.32 Å². The van der Waals surface area contributed by atoms with Crippen LogP contribution in [0.2, 0.25) is 0 Å². The van der Waals surface area contributed by atoms with Crippen LogP contribution in [0.4, 0.5) is 0 Å². The molecule has 0 aliphatic heterocycles. The Kier molecular flexibility index (Phi) is 5.04. The van der Waals surface area contributed by atoms with Crippen LogP contribution in [0.1, 0.15) is 19.3 Å². The molecule has 1 saturated carbocycles. The summed E-state index contributed by atoms with van der Waals surface area (Å²) in [7, 11) is 3.84. The molecule has 2 unspecified atom stereocenters. The van der Waals surface area contributed by atoms with Gasteiger partial charge in [-0.3, -0.25) is 0 Å². The molecule has 12 heavy (non-hydrogen) atoms. The van der Waals surface area contributed by atoms with Crippen LogP contribution in [-0.4, -0.2) is 37.8 Å². The van der Waals surface area contributed by atoms with Gasteiger partial charge in [0.05, 0.1) is 6.61 Å². The number of ether oxygens (including phenoxy) is 1. The van der Waals surface area contributed by atoms with Crippen molar-refractivity contribution in [3.63, 3.8) is 0 Å². The number of hydrogen-bond acceptors (Lipinski definition) is 3. The van der Waals surface area contributed by atoms with Gasteiger partial charge in [0, 0.05) is 24.2 Å². The van der Waals surface area contributed by atoms with Crippen LogP contribution in [0.5, 0.6) is 0 Å². The van der Waals surface area contributed by atoms with Gasteiger partial charge in [-0.2, -0.15) is 11.8 Å². The highest BCUT2D eigenvalue weighted by Crippen LogP contribution is 2.29. The van der Waals surface area contributed by atoms with E-state index >= 15 is 0 Å². The highest BCUT2D eigenvalue weighted by Gasteiger charge is 2.25. The summed E-state index contributed by atoms with van der Waals surface area (Å²) in [5.74, 6) is 1.14. The van der Waals surface area contributed by atoms with Crippen molar-refractivity contribution < 1.29 is 4.74 Å². The summed E-state index contributed by atoms with van der Waals surface area (Å²) in [6, 6.07) is 0.742. The van der Waals surface area contributed by atoms with Gasteiger partial charge in [-0.15, -0.1) is 0 Å². The van der Waals surface area contributed by atoms with Crippen molar-refractivity contribution in [1.29, 1.82) is 0 Å². The summed E-state index contributed by atoms with van der Waals surface area (Å²) >= 11 is 2.05. The largest absolute Gasteiger partial charge is 0.384 e. The van der Waals surface area contributed by atoms with Gasteiger partial charge in [0.25, 0.3) is 0 Å². The lowest BCUT2D eigenvalue weighted by molar-refractivity contribution is 0.218. The first-order valence-corrected chi connectivity index (χ1v) is 5.71. The molecule has 0 saturated heterocycles. The third kappa shape index (κ3) is 2.96. The zero-order chi connectivity index (χ0) is 8.81. The van der Waals surface area contributed by atoms with Crippen molar-refractivity contribution in [2.75, 3.05) is 26.5 Å². The molecule has 0 heterocycles. The van der Waals surface area contributed by atoms with Crippen molar-refractivity contribution in [2.45, 2.75) is 30.6 Å². The molecule has 1 fully saturated rings. The van der Waals surface area contributed by atoms with E-state index in [0.29, 0.717) is 0 Å². The lowest BCUT2D eigenvalue weighted by atomic mass is 10.2. The second-order valence-corrected chi connectivity index (χ2v) is 4.58. The molecule has 1 rings (SSSR count). The Hall–Kier alpha value is 0.270. The van der Waals surface area contributed by atoms with E-state index in [-0.39, 0.29) is 0 Å². The monoisotopic (exact) mass is 189 g/mol. The average Bonchev–Trinajstić information content (AvgIpc) is 2.52. The average molecular weight is 189 g/mol. The van der Waals surface area contributed by atoms with E-state index in [1.54, 1.807) is 7.11 Å². The minimum Gasteiger partial charge on any atom is -0.384 e. The fraction of sp³-hybridized carbons (Fsp3) is 1.00. The van der Waals surface area contributed by atoms with E-state index in [9.17, 15) is 0 Å². The van der Waals surface area contributed by atoms with Gasteiger partial charge in [-0.25, -0.2) is 0 Å². The maximum atomic E-state index is 5.03. The van der Waals surface area contributed by atoms with Crippen LogP contribution in [-0.2, 0) is 4.74 Å². The Balaban J connectivity index is 2.12. The predicted molar refractivity (Wildman–Crippen MR) is 54.8 cm³/mol.